The molecule has 5 nitrogen and oxygen atoms in total. The Bertz CT molecular complexity index is 65.4. The van der Waals surface area contributed by atoms with E-state index >= 15 is 0 Å². The molecule has 6 heteroatoms. The van der Waals surface area contributed by atoms with Crippen LogP contribution in [0.2, 0.25) is 0 Å². The zero-order valence-electron chi connectivity index (χ0n) is 3.61. The molecule has 8 heavy (non-hydrogen) atoms. The fraction of sp³-hybridized carbons (Fsp3) is 1.00. The van der Waals surface area contributed by atoms with Gasteiger partial charge in [0.25, 0.3) is 0 Å². The molecule has 0 saturated heterocycles. The van der Waals surface area contributed by atoms with Crippen LogP contribution in [0, 0.1) is 0 Å². The molecule has 5 N–H and O–H groups in total. The molecule has 0 bridgehead atoms. The van der Waals surface area contributed by atoms with Crippen molar-refractivity contribution < 1.29 is 25.5 Å². The van der Waals surface area contributed by atoms with Crippen LogP contribution in [0.5, 0.6) is 0 Å². The number of halogens is 1. The Labute approximate surface area is 49.4 Å². The third kappa shape index (κ3) is 1.91. The lowest BCUT2D eigenvalue weighted by atomic mass is 10.5. The third-order valence-electron chi connectivity index (χ3n) is 0.427. The highest BCUT2D eigenvalue weighted by atomic mass is 35.5. The van der Waals surface area contributed by atoms with Crippen molar-refractivity contribution in [1.29, 1.82) is 0 Å². The summed E-state index contributed by atoms with van der Waals surface area (Å²) in [6.07, 6.45) is 0. The van der Waals surface area contributed by atoms with Crippen LogP contribution in [-0.2, 0) is 0 Å². The summed E-state index contributed by atoms with van der Waals surface area (Å²) in [6.45, 7) is 0. The van der Waals surface area contributed by atoms with E-state index in [1.807, 2.05) is 0 Å². The fourth-order valence-corrected chi connectivity index (χ4v) is 0. The van der Waals surface area contributed by atoms with Gasteiger partial charge in [-0.3, -0.25) is 0 Å². The molecule has 0 unspecified atom stereocenters. The zero-order valence-corrected chi connectivity index (χ0v) is 4.37. The molecule has 50 valence electrons. The number of aliphatic hydroxyl groups is 5. The molecule has 0 heterocycles. The van der Waals surface area contributed by atoms with E-state index in [-0.39, 0.29) is 0 Å². The lowest BCUT2D eigenvalue weighted by molar-refractivity contribution is -0.415. The van der Waals surface area contributed by atoms with Crippen molar-refractivity contribution >= 4 is 11.6 Å². The smallest absolute Gasteiger partial charge is 0.347 e. The van der Waals surface area contributed by atoms with E-state index < -0.39 is 11.2 Å². The Balaban J connectivity index is 4.02. The summed E-state index contributed by atoms with van der Waals surface area (Å²) in [5.41, 5.74) is 0. The van der Waals surface area contributed by atoms with Crippen LogP contribution in [0.15, 0.2) is 0 Å². The van der Waals surface area contributed by atoms with Crippen LogP contribution in [0.4, 0.5) is 0 Å². The van der Waals surface area contributed by atoms with Gasteiger partial charge in [0.15, 0.2) is 0 Å². The Kier molecular flexibility index (Phi) is 1.82. The van der Waals surface area contributed by atoms with Crippen LogP contribution < -0.4 is 0 Å². The highest BCUT2D eigenvalue weighted by Gasteiger charge is 2.44. The van der Waals surface area contributed by atoms with Crippen LogP contribution >= 0.6 is 11.6 Å². The lowest BCUT2D eigenvalue weighted by Crippen LogP contribution is -2.50. The summed E-state index contributed by atoms with van der Waals surface area (Å²) in [4.78, 5) is 0. The molecular formula is C2H5ClO5. The minimum atomic E-state index is -3.69. The molecular weight excluding hydrogens is 139 g/mol. The molecule has 0 aliphatic carbocycles. The number of alkyl halides is 1. The molecule has 0 aromatic carbocycles. The second kappa shape index (κ2) is 1.80. The minimum absolute atomic E-state index is 3.42. The van der Waals surface area contributed by atoms with Crippen molar-refractivity contribution in [1.82, 2.24) is 0 Å². The van der Waals surface area contributed by atoms with Crippen LogP contribution in [-0.4, -0.2) is 36.8 Å². The molecule has 0 atom stereocenters. The Morgan fingerprint density at radius 1 is 0.875 bits per heavy atom. The highest BCUT2D eigenvalue weighted by Crippen LogP contribution is 2.17. The van der Waals surface area contributed by atoms with E-state index in [9.17, 15) is 0 Å². The van der Waals surface area contributed by atoms with Gasteiger partial charge in [0, 0.05) is 0 Å². The van der Waals surface area contributed by atoms with Crippen LogP contribution in [0.3, 0.4) is 0 Å². The van der Waals surface area contributed by atoms with Gasteiger partial charge in [-0.1, -0.05) is 0 Å². The summed E-state index contributed by atoms with van der Waals surface area (Å²) in [7, 11) is 0. The summed E-state index contributed by atoms with van der Waals surface area (Å²) < 4.78 is 0. The maximum Gasteiger partial charge on any atom is 0.349 e. The molecule has 0 fully saturated rings. The molecule has 0 aromatic rings. The number of hydrogen-bond acceptors (Lipinski definition) is 5. The van der Waals surface area contributed by atoms with Gasteiger partial charge in [-0.05, 0) is 11.6 Å². The lowest BCUT2D eigenvalue weighted by Gasteiger charge is -2.22. The molecule has 0 aromatic heterocycles. The van der Waals surface area contributed by atoms with Gasteiger partial charge in [-0.2, -0.15) is 0 Å². The number of hydrogen-bond donors (Lipinski definition) is 5. The van der Waals surface area contributed by atoms with E-state index in [1.54, 1.807) is 0 Å². The van der Waals surface area contributed by atoms with Crippen LogP contribution in [0.25, 0.3) is 0 Å². The van der Waals surface area contributed by atoms with Gasteiger partial charge in [0.2, 0.25) is 0 Å². The molecule has 0 amide bonds. The Morgan fingerprint density at radius 2 is 1.00 bits per heavy atom. The fourth-order valence-electron chi connectivity index (χ4n) is 0. The van der Waals surface area contributed by atoms with E-state index in [0.717, 1.165) is 0 Å². The normalized spacial score (nSPS) is 14.2. The summed E-state index contributed by atoms with van der Waals surface area (Å²) >= 11 is 4.37. The van der Waals surface area contributed by atoms with Gasteiger partial charge in [-0.15, -0.1) is 0 Å². The second-order valence-electron chi connectivity index (χ2n) is 1.22. The van der Waals surface area contributed by atoms with Crippen LogP contribution in [0.1, 0.15) is 0 Å². The van der Waals surface area contributed by atoms with Gasteiger partial charge in [0.05, 0.1) is 0 Å². The first-order valence-electron chi connectivity index (χ1n) is 1.56. The molecule has 0 spiro atoms. The van der Waals surface area contributed by atoms with Gasteiger partial charge < -0.3 is 25.5 Å². The van der Waals surface area contributed by atoms with E-state index in [1.165, 1.54) is 0 Å². The first-order chi connectivity index (χ1) is 3.25. The molecule has 0 aliphatic rings. The maximum absolute atomic E-state index is 7.93. The average molecular weight is 145 g/mol. The predicted molar refractivity (Wildman–Crippen MR) is 22.4 cm³/mol. The largest absolute Gasteiger partial charge is 0.349 e. The van der Waals surface area contributed by atoms with Gasteiger partial charge >= 0.3 is 11.2 Å². The van der Waals surface area contributed by atoms with Crippen molar-refractivity contribution in [3.63, 3.8) is 0 Å². The van der Waals surface area contributed by atoms with E-state index in [2.05, 4.69) is 11.6 Å². The van der Waals surface area contributed by atoms with Crippen molar-refractivity contribution in [2.45, 2.75) is 11.2 Å². The monoisotopic (exact) mass is 144 g/mol. The first-order valence-corrected chi connectivity index (χ1v) is 1.93. The first kappa shape index (κ1) is 8.09. The SMILES string of the molecule is OC(O)(O)C(O)(O)Cl. The van der Waals surface area contributed by atoms with Crippen molar-refractivity contribution in [2.75, 3.05) is 0 Å². The minimum Gasteiger partial charge on any atom is -0.347 e. The van der Waals surface area contributed by atoms with Crippen molar-refractivity contribution in [3.05, 3.63) is 0 Å². The van der Waals surface area contributed by atoms with E-state index in [4.69, 9.17) is 25.5 Å². The van der Waals surface area contributed by atoms with Crippen molar-refractivity contribution in [3.8, 4) is 0 Å². The molecule has 0 aliphatic heterocycles. The summed E-state index contributed by atoms with van der Waals surface area (Å²) in [5, 5.41) is 35.9. The molecule has 0 saturated carbocycles. The quantitative estimate of drug-likeness (QED) is 0.207. The predicted octanol–water partition coefficient (Wildman–Crippen LogP) is -2.51. The standard InChI is InChI=1S/C2H5ClO5/c3-1(4,5)2(6,7)8/h4-8H. The van der Waals surface area contributed by atoms with Crippen molar-refractivity contribution in [2.24, 2.45) is 0 Å². The summed E-state index contributed by atoms with van der Waals surface area (Å²) in [5.74, 6) is -3.69. The average Bonchev–Trinajstić information content (AvgIpc) is 1.25. The van der Waals surface area contributed by atoms with Gasteiger partial charge in [0.1, 0.15) is 0 Å². The third-order valence-corrected chi connectivity index (χ3v) is 0.680. The maximum atomic E-state index is 7.93. The Morgan fingerprint density at radius 3 is 1.00 bits per heavy atom. The topological polar surface area (TPSA) is 101 Å². The Hall–Kier alpha value is 0.0900. The van der Waals surface area contributed by atoms with Gasteiger partial charge in [-0.25, -0.2) is 0 Å². The molecule has 0 radical (unpaired) electrons. The highest BCUT2D eigenvalue weighted by molar-refractivity contribution is 6.21. The summed E-state index contributed by atoms with van der Waals surface area (Å²) in [6, 6.07) is 0. The molecule has 0 rings (SSSR count). The number of rotatable bonds is 1. The second-order valence-corrected chi connectivity index (χ2v) is 1.75. The van der Waals surface area contributed by atoms with E-state index in [0.29, 0.717) is 0 Å². The zero-order chi connectivity index (χ0) is 7.00.